The molecule has 0 bridgehead atoms. The summed E-state index contributed by atoms with van der Waals surface area (Å²) < 4.78 is 0. The molecule has 0 aliphatic carbocycles. The standard InChI is InChI=1S/C11H9NO2/c12-8-4-5-9-7(6-8)2-1-3-10(9)11(13)14/h1-6H,12H2,(H,13,14). The van der Waals surface area contributed by atoms with Crippen molar-refractivity contribution in [3.05, 3.63) is 42.0 Å². The average Bonchev–Trinajstić information content (AvgIpc) is 2.16. The highest BCUT2D eigenvalue weighted by Gasteiger charge is 2.06. The van der Waals surface area contributed by atoms with Crippen LogP contribution in [0.4, 0.5) is 5.69 Å². The molecule has 14 heavy (non-hydrogen) atoms. The number of hydrogen-bond acceptors (Lipinski definition) is 2. The zero-order chi connectivity index (χ0) is 10.1. The van der Waals surface area contributed by atoms with Crippen molar-refractivity contribution in [3.63, 3.8) is 0 Å². The van der Waals surface area contributed by atoms with E-state index >= 15 is 0 Å². The van der Waals surface area contributed by atoms with Gasteiger partial charge in [0.2, 0.25) is 0 Å². The monoisotopic (exact) mass is 187 g/mol. The first-order chi connectivity index (χ1) is 6.68. The lowest BCUT2D eigenvalue weighted by atomic mass is 10.0. The van der Waals surface area contributed by atoms with Crippen LogP contribution < -0.4 is 5.73 Å². The van der Waals surface area contributed by atoms with Crippen LogP contribution in [0.2, 0.25) is 0 Å². The molecule has 0 heterocycles. The summed E-state index contributed by atoms with van der Waals surface area (Å²) in [5.41, 5.74) is 6.55. The maximum absolute atomic E-state index is 10.9. The van der Waals surface area contributed by atoms with Gasteiger partial charge in [-0.1, -0.05) is 18.2 Å². The van der Waals surface area contributed by atoms with Gasteiger partial charge in [-0.2, -0.15) is 0 Å². The second-order valence-corrected chi connectivity index (χ2v) is 3.09. The molecule has 0 radical (unpaired) electrons. The summed E-state index contributed by atoms with van der Waals surface area (Å²) in [6.45, 7) is 0. The Morgan fingerprint density at radius 2 is 2.00 bits per heavy atom. The number of anilines is 1. The van der Waals surface area contributed by atoms with E-state index in [1.165, 1.54) is 0 Å². The van der Waals surface area contributed by atoms with Crippen LogP contribution in [0.3, 0.4) is 0 Å². The Balaban J connectivity index is 2.81. The van der Waals surface area contributed by atoms with Crippen molar-refractivity contribution >= 4 is 22.4 Å². The molecule has 0 aromatic heterocycles. The number of carboxylic acid groups (broad SMARTS) is 1. The maximum atomic E-state index is 10.9. The van der Waals surface area contributed by atoms with E-state index in [0.717, 1.165) is 5.39 Å². The molecule has 70 valence electrons. The molecule has 2 aromatic carbocycles. The molecular weight excluding hydrogens is 178 g/mol. The van der Waals surface area contributed by atoms with Crippen LogP contribution in [0.25, 0.3) is 10.8 Å². The number of nitrogens with two attached hydrogens (primary N) is 1. The Labute approximate surface area is 80.8 Å². The molecule has 0 spiro atoms. The van der Waals surface area contributed by atoms with Crippen molar-refractivity contribution in [2.75, 3.05) is 5.73 Å². The van der Waals surface area contributed by atoms with E-state index in [4.69, 9.17) is 10.8 Å². The van der Waals surface area contributed by atoms with E-state index in [2.05, 4.69) is 0 Å². The lowest BCUT2D eigenvalue weighted by molar-refractivity contribution is 0.0699. The van der Waals surface area contributed by atoms with Crippen molar-refractivity contribution in [2.45, 2.75) is 0 Å². The molecule has 0 atom stereocenters. The van der Waals surface area contributed by atoms with Crippen LogP contribution in [0.5, 0.6) is 0 Å². The van der Waals surface area contributed by atoms with Crippen LogP contribution in [0, 0.1) is 0 Å². The molecule has 3 nitrogen and oxygen atoms in total. The summed E-state index contributed by atoms with van der Waals surface area (Å²) in [4.78, 5) is 10.9. The van der Waals surface area contributed by atoms with Crippen LogP contribution in [-0.4, -0.2) is 11.1 Å². The third-order valence-electron chi connectivity index (χ3n) is 2.13. The van der Waals surface area contributed by atoms with Crippen molar-refractivity contribution in [1.29, 1.82) is 0 Å². The predicted molar refractivity (Wildman–Crippen MR) is 55.3 cm³/mol. The van der Waals surface area contributed by atoms with Gasteiger partial charge in [0, 0.05) is 5.69 Å². The van der Waals surface area contributed by atoms with Gasteiger partial charge in [0.1, 0.15) is 0 Å². The van der Waals surface area contributed by atoms with E-state index in [-0.39, 0.29) is 0 Å². The Hall–Kier alpha value is -2.03. The summed E-state index contributed by atoms with van der Waals surface area (Å²) >= 11 is 0. The van der Waals surface area contributed by atoms with E-state index in [9.17, 15) is 4.79 Å². The minimum absolute atomic E-state index is 0.308. The van der Waals surface area contributed by atoms with Crippen LogP contribution >= 0.6 is 0 Å². The van der Waals surface area contributed by atoms with Gasteiger partial charge in [-0.3, -0.25) is 0 Å². The fourth-order valence-corrected chi connectivity index (χ4v) is 1.49. The van der Waals surface area contributed by atoms with E-state index in [0.29, 0.717) is 16.6 Å². The van der Waals surface area contributed by atoms with Crippen LogP contribution in [0.15, 0.2) is 36.4 Å². The van der Waals surface area contributed by atoms with E-state index < -0.39 is 5.97 Å². The molecule has 0 saturated heterocycles. The molecule has 2 rings (SSSR count). The minimum atomic E-state index is -0.916. The SMILES string of the molecule is Nc1ccc2c(C(=O)O)cccc2c1. The van der Waals surface area contributed by atoms with Crippen molar-refractivity contribution in [3.8, 4) is 0 Å². The Morgan fingerprint density at radius 1 is 1.21 bits per heavy atom. The average molecular weight is 187 g/mol. The number of aromatic carboxylic acids is 1. The molecule has 2 aromatic rings. The first-order valence-electron chi connectivity index (χ1n) is 4.20. The number of hydrogen-bond donors (Lipinski definition) is 2. The van der Waals surface area contributed by atoms with Crippen molar-refractivity contribution in [1.82, 2.24) is 0 Å². The maximum Gasteiger partial charge on any atom is 0.336 e. The summed E-state index contributed by atoms with van der Waals surface area (Å²) in [6.07, 6.45) is 0. The first-order valence-corrected chi connectivity index (χ1v) is 4.20. The van der Waals surface area contributed by atoms with Crippen LogP contribution in [0.1, 0.15) is 10.4 Å². The predicted octanol–water partition coefficient (Wildman–Crippen LogP) is 2.12. The lowest BCUT2D eigenvalue weighted by Gasteiger charge is -2.02. The van der Waals surface area contributed by atoms with Gasteiger partial charge in [-0.25, -0.2) is 4.79 Å². The Kier molecular flexibility index (Phi) is 1.85. The second kappa shape index (κ2) is 3.03. The second-order valence-electron chi connectivity index (χ2n) is 3.09. The Morgan fingerprint density at radius 3 is 2.71 bits per heavy atom. The zero-order valence-corrected chi connectivity index (χ0v) is 7.40. The fraction of sp³-hybridized carbons (Fsp3) is 0. The normalized spacial score (nSPS) is 10.3. The van der Waals surface area contributed by atoms with Gasteiger partial charge in [0.05, 0.1) is 5.56 Å². The van der Waals surface area contributed by atoms with Crippen molar-refractivity contribution < 1.29 is 9.90 Å². The molecule has 0 unspecified atom stereocenters. The largest absolute Gasteiger partial charge is 0.478 e. The van der Waals surface area contributed by atoms with E-state index in [1.807, 2.05) is 6.07 Å². The number of rotatable bonds is 1. The molecule has 0 saturated carbocycles. The van der Waals surface area contributed by atoms with Gasteiger partial charge < -0.3 is 10.8 Å². The molecule has 3 heteroatoms. The zero-order valence-electron chi connectivity index (χ0n) is 7.40. The van der Waals surface area contributed by atoms with Gasteiger partial charge >= 0.3 is 5.97 Å². The van der Waals surface area contributed by atoms with Gasteiger partial charge in [0.25, 0.3) is 0 Å². The number of carboxylic acids is 1. The summed E-state index contributed by atoms with van der Waals surface area (Å²) in [7, 11) is 0. The van der Waals surface area contributed by atoms with Crippen molar-refractivity contribution in [2.24, 2.45) is 0 Å². The molecule has 0 aliphatic heterocycles. The highest BCUT2D eigenvalue weighted by atomic mass is 16.4. The lowest BCUT2D eigenvalue weighted by Crippen LogP contribution is -1.97. The summed E-state index contributed by atoms with van der Waals surface area (Å²) in [5, 5.41) is 10.5. The Bertz CT molecular complexity index is 506. The third-order valence-corrected chi connectivity index (χ3v) is 2.13. The number of carbonyl (C=O) groups is 1. The highest BCUT2D eigenvalue weighted by molar-refractivity contribution is 6.04. The third kappa shape index (κ3) is 1.29. The molecule has 0 aliphatic rings. The minimum Gasteiger partial charge on any atom is -0.478 e. The quantitative estimate of drug-likeness (QED) is 0.672. The molecule has 0 fully saturated rings. The van der Waals surface area contributed by atoms with Gasteiger partial charge in [-0.15, -0.1) is 0 Å². The van der Waals surface area contributed by atoms with E-state index in [1.54, 1.807) is 30.3 Å². The summed E-state index contributed by atoms with van der Waals surface area (Å²) in [6, 6.07) is 10.3. The van der Waals surface area contributed by atoms with Gasteiger partial charge in [0.15, 0.2) is 0 Å². The number of fused-ring (bicyclic) bond motifs is 1. The van der Waals surface area contributed by atoms with Gasteiger partial charge in [-0.05, 0) is 29.0 Å². The smallest absolute Gasteiger partial charge is 0.336 e. The molecule has 3 N–H and O–H groups in total. The summed E-state index contributed by atoms with van der Waals surface area (Å²) in [5.74, 6) is -0.916. The fourth-order valence-electron chi connectivity index (χ4n) is 1.49. The molecule has 0 amide bonds. The number of benzene rings is 2. The highest BCUT2D eigenvalue weighted by Crippen LogP contribution is 2.21. The molecular formula is C11H9NO2. The van der Waals surface area contributed by atoms with Crippen LogP contribution in [-0.2, 0) is 0 Å². The first kappa shape index (κ1) is 8.56. The number of nitrogen functional groups attached to an aromatic ring is 1. The topological polar surface area (TPSA) is 63.3 Å².